The molecule has 0 saturated heterocycles. The van der Waals surface area contributed by atoms with Crippen molar-refractivity contribution >= 4 is 29.9 Å². The number of quaternary nitrogens is 1. The van der Waals surface area contributed by atoms with E-state index < -0.39 is 0 Å². The Morgan fingerprint density at radius 1 is 1.05 bits per heavy atom. The van der Waals surface area contributed by atoms with Crippen molar-refractivity contribution in [2.75, 3.05) is 26.7 Å². The van der Waals surface area contributed by atoms with Gasteiger partial charge in [0.05, 0.1) is 32.2 Å². The van der Waals surface area contributed by atoms with Crippen molar-refractivity contribution < 1.29 is 9.59 Å². The molecule has 0 radical (unpaired) electrons. The minimum atomic E-state index is 0. The van der Waals surface area contributed by atoms with Gasteiger partial charge in [-0.05, 0) is 76.0 Å². The van der Waals surface area contributed by atoms with Crippen LogP contribution in [-0.2, 0) is 0 Å². The predicted octanol–water partition coefficient (Wildman–Crippen LogP) is 3.21. The second kappa shape index (κ2) is 6.96. The summed E-state index contributed by atoms with van der Waals surface area (Å²) in [7, 11) is 2.25. The molecule has 22 heavy (non-hydrogen) atoms. The van der Waals surface area contributed by atoms with Gasteiger partial charge in [-0.3, -0.25) is 4.99 Å². The molecule has 4 saturated carbocycles. The zero-order chi connectivity index (χ0) is 15.1. The Morgan fingerprint density at radius 2 is 1.50 bits per heavy atom. The van der Waals surface area contributed by atoms with Crippen molar-refractivity contribution in [2.45, 2.75) is 64.3 Å². The van der Waals surface area contributed by atoms with Crippen molar-refractivity contribution in [2.24, 2.45) is 22.7 Å². The molecule has 0 aromatic carbocycles. The monoisotopic (exact) mass is 420 g/mol. The molecule has 128 valence electrons. The summed E-state index contributed by atoms with van der Waals surface area (Å²) >= 11 is 0. The average molecular weight is 420 g/mol. The van der Waals surface area contributed by atoms with Crippen LogP contribution in [0.15, 0.2) is 4.99 Å². The summed E-state index contributed by atoms with van der Waals surface area (Å²) in [5, 5.41) is 12.4. The number of hydrogen-bond donors (Lipinski definition) is 0. The minimum absolute atomic E-state index is 0. The lowest BCUT2D eigenvalue weighted by Crippen LogP contribution is -2.51. The third kappa shape index (κ3) is 3.80. The molecule has 0 heterocycles. The normalized spacial score (nSPS) is 37.2. The van der Waals surface area contributed by atoms with E-state index in [2.05, 4.69) is 20.9 Å². The number of rotatable bonds is 6. The first-order valence-electron chi connectivity index (χ1n) is 9.05. The summed E-state index contributed by atoms with van der Waals surface area (Å²) in [4.78, 5) is 4.79. The Morgan fingerprint density at radius 3 is 1.91 bits per heavy atom. The molecule has 0 spiro atoms. The van der Waals surface area contributed by atoms with Crippen molar-refractivity contribution in [3.63, 3.8) is 0 Å². The fourth-order valence-electron chi connectivity index (χ4n) is 5.43. The van der Waals surface area contributed by atoms with Crippen LogP contribution >= 0.6 is 24.0 Å². The number of hydrogen-bond acceptors (Lipinski definition) is 2. The molecule has 3 nitrogen and oxygen atoms in total. The van der Waals surface area contributed by atoms with Crippen LogP contribution in [0, 0.1) is 17.8 Å². The van der Waals surface area contributed by atoms with E-state index in [0.29, 0.717) is 6.42 Å². The molecule has 0 unspecified atom stereocenters. The van der Waals surface area contributed by atoms with Gasteiger partial charge in [0.25, 0.3) is 0 Å². The molecular formula is C18H33IN2O. The molecule has 4 aliphatic carbocycles. The minimum Gasteiger partial charge on any atom is -0.862 e. The molecule has 4 rings (SSSR count). The van der Waals surface area contributed by atoms with Gasteiger partial charge in [-0.1, -0.05) is 0 Å². The topological polar surface area (TPSA) is 35.4 Å². The molecular weight excluding hydrogens is 387 g/mol. The Kier molecular flexibility index (Phi) is 5.85. The maximum absolute atomic E-state index is 12.4. The van der Waals surface area contributed by atoms with E-state index in [1.165, 1.54) is 38.5 Å². The summed E-state index contributed by atoms with van der Waals surface area (Å²) in [6.07, 6.45) is 8.52. The van der Waals surface area contributed by atoms with Gasteiger partial charge in [0, 0.05) is 6.42 Å². The van der Waals surface area contributed by atoms with Crippen molar-refractivity contribution in [1.82, 2.24) is 0 Å². The number of halogens is 1. The van der Waals surface area contributed by atoms with Crippen LogP contribution in [0.1, 0.15) is 58.8 Å². The molecule has 4 heteroatoms. The van der Waals surface area contributed by atoms with E-state index in [9.17, 15) is 5.11 Å². The van der Waals surface area contributed by atoms with Gasteiger partial charge in [-0.2, -0.15) is 0 Å². The van der Waals surface area contributed by atoms with Crippen molar-refractivity contribution in [1.29, 1.82) is 0 Å². The first-order chi connectivity index (χ1) is 9.96. The van der Waals surface area contributed by atoms with E-state index in [1.54, 1.807) is 0 Å². The number of aliphatic imine (C=N–C) groups is 1. The Hall–Kier alpha value is 0.160. The second-order valence-corrected chi connectivity index (χ2v) is 8.37. The van der Waals surface area contributed by atoms with Crippen LogP contribution in [0.4, 0.5) is 0 Å². The first-order valence-corrected chi connectivity index (χ1v) is 9.05. The Balaban J connectivity index is 0.00000176. The second-order valence-electron chi connectivity index (χ2n) is 8.37. The Bertz CT molecular complexity index is 382. The van der Waals surface area contributed by atoms with Gasteiger partial charge >= 0.3 is 0 Å². The summed E-state index contributed by atoms with van der Waals surface area (Å²) < 4.78 is 0.988. The van der Waals surface area contributed by atoms with Crippen LogP contribution in [0.3, 0.4) is 0 Å². The Labute approximate surface area is 153 Å². The highest BCUT2D eigenvalue weighted by Crippen LogP contribution is 2.57. The maximum atomic E-state index is 12.4. The fraction of sp³-hybridized carbons (Fsp3) is 0.944. The highest BCUT2D eigenvalue weighted by Gasteiger charge is 2.50. The zero-order valence-electron chi connectivity index (χ0n) is 14.5. The molecule has 4 aliphatic rings. The smallest absolute Gasteiger partial charge is 0.0828 e. The lowest BCUT2D eigenvalue weighted by Gasteiger charge is -2.55. The van der Waals surface area contributed by atoms with E-state index in [4.69, 9.17) is 4.99 Å². The van der Waals surface area contributed by atoms with Crippen LogP contribution in [0.2, 0.25) is 0 Å². The first kappa shape index (κ1) is 18.5. The summed E-state index contributed by atoms with van der Waals surface area (Å²) in [5.41, 5.74) is 0.0632. The van der Waals surface area contributed by atoms with Gasteiger partial charge in [0.2, 0.25) is 0 Å². The molecule has 4 fully saturated rings. The van der Waals surface area contributed by atoms with E-state index in [1.807, 2.05) is 0 Å². The van der Waals surface area contributed by atoms with Crippen molar-refractivity contribution in [3.8, 4) is 0 Å². The summed E-state index contributed by atoms with van der Waals surface area (Å²) in [5.74, 6) is 2.81. The lowest BCUT2D eigenvalue weighted by atomic mass is 9.53. The maximum Gasteiger partial charge on any atom is 0.0828 e. The molecule has 0 aromatic heterocycles. The van der Waals surface area contributed by atoms with Crippen molar-refractivity contribution in [3.05, 3.63) is 0 Å². The standard InChI is InChI=1S/C18H32N2O.HI/c1-4-20(3,5-2)7-6-17(21)19-18-11-14-8-15(12-18)10-16(9-14)13-18;/h14-16H,4-13H2,1-3H3;1H. The third-order valence-corrected chi connectivity index (χ3v) is 6.76. The molecule has 0 aromatic rings. The van der Waals surface area contributed by atoms with Gasteiger partial charge in [0.1, 0.15) is 0 Å². The highest BCUT2D eigenvalue weighted by molar-refractivity contribution is 14.0. The largest absolute Gasteiger partial charge is 0.862 e. The van der Waals surface area contributed by atoms with E-state index in [-0.39, 0.29) is 35.4 Å². The van der Waals surface area contributed by atoms with Crippen LogP contribution in [0.25, 0.3) is 0 Å². The van der Waals surface area contributed by atoms with Crippen LogP contribution < -0.4 is 5.11 Å². The highest BCUT2D eigenvalue weighted by atomic mass is 127. The molecule has 0 N–H and O–H groups in total. The molecule has 0 amide bonds. The summed E-state index contributed by atoms with van der Waals surface area (Å²) in [6.45, 7) is 7.57. The lowest BCUT2D eigenvalue weighted by molar-refractivity contribution is -0.905. The average Bonchev–Trinajstić information content (AvgIpc) is 2.43. The van der Waals surface area contributed by atoms with Crippen LogP contribution in [0.5, 0.6) is 0 Å². The SMILES string of the molecule is CC[N+](C)(CC)CCC([O-])=NC12CC3CC(CC(C3)C1)C2.I. The predicted molar refractivity (Wildman–Crippen MR) is 101 cm³/mol. The van der Waals surface area contributed by atoms with Crippen LogP contribution in [-0.4, -0.2) is 42.6 Å². The zero-order valence-corrected chi connectivity index (χ0v) is 16.8. The molecule has 0 atom stereocenters. The van der Waals surface area contributed by atoms with Gasteiger partial charge in [-0.15, -0.1) is 24.0 Å². The van der Waals surface area contributed by atoms with Gasteiger partial charge in [-0.25, -0.2) is 0 Å². The number of nitrogens with zero attached hydrogens (tertiary/aromatic N) is 2. The third-order valence-electron chi connectivity index (χ3n) is 6.76. The van der Waals surface area contributed by atoms with Gasteiger partial charge in [0.15, 0.2) is 0 Å². The molecule has 0 aliphatic heterocycles. The van der Waals surface area contributed by atoms with Gasteiger partial charge < -0.3 is 9.59 Å². The molecule has 4 bridgehead atoms. The van der Waals surface area contributed by atoms with E-state index >= 15 is 0 Å². The fourth-order valence-corrected chi connectivity index (χ4v) is 5.43. The van der Waals surface area contributed by atoms with E-state index in [0.717, 1.165) is 41.9 Å². The summed E-state index contributed by atoms with van der Waals surface area (Å²) in [6, 6.07) is 0. The quantitative estimate of drug-likeness (QED) is 0.281.